The second-order valence-corrected chi connectivity index (χ2v) is 5.48. The number of hydrogen-bond acceptors (Lipinski definition) is 2. The minimum Gasteiger partial charge on any atom is -0.386 e. The number of benzene rings is 1. The Bertz CT molecular complexity index is 508. The van der Waals surface area contributed by atoms with Crippen molar-refractivity contribution in [1.29, 1.82) is 0 Å². The van der Waals surface area contributed by atoms with Crippen LogP contribution in [-0.2, 0) is 6.42 Å². The molecule has 1 aromatic carbocycles. The predicted octanol–water partition coefficient (Wildman–Crippen LogP) is 3.50. The van der Waals surface area contributed by atoms with Crippen LogP contribution in [0.15, 0.2) is 41.0 Å². The fourth-order valence-electron chi connectivity index (χ4n) is 2.01. The van der Waals surface area contributed by atoms with Crippen LogP contribution in [0.2, 0.25) is 0 Å². The predicted molar refractivity (Wildman–Crippen MR) is 75.4 cm³/mol. The minimum atomic E-state index is -0.549. The third-order valence-corrected chi connectivity index (χ3v) is 3.47. The first-order chi connectivity index (χ1) is 8.59. The van der Waals surface area contributed by atoms with Crippen LogP contribution in [0, 0.1) is 0 Å². The van der Waals surface area contributed by atoms with Gasteiger partial charge in [0.1, 0.15) is 6.10 Å². The maximum Gasteiger partial charge on any atom is 0.101 e. The van der Waals surface area contributed by atoms with E-state index >= 15 is 0 Å². The lowest BCUT2D eigenvalue weighted by Gasteiger charge is -2.16. The van der Waals surface area contributed by atoms with Crippen LogP contribution in [0.1, 0.15) is 37.3 Å². The van der Waals surface area contributed by atoms with Crippen LogP contribution in [0.25, 0.3) is 0 Å². The summed E-state index contributed by atoms with van der Waals surface area (Å²) in [6, 6.07) is 10.2. The van der Waals surface area contributed by atoms with Gasteiger partial charge in [-0.3, -0.25) is 4.68 Å². The number of nitrogens with zero attached hydrogens (tertiary/aromatic N) is 2. The Balaban J connectivity index is 2.23. The molecule has 18 heavy (non-hydrogen) atoms. The zero-order chi connectivity index (χ0) is 13.1. The highest BCUT2D eigenvalue weighted by molar-refractivity contribution is 9.10. The molecule has 0 amide bonds. The van der Waals surface area contributed by atoms with Crippen LogP contribution < -0.4 is 0 Å². The Morgan fingerprint density at radius 3 is 2.56 bits per heavy atom. The van der Waals surface area contributed by atoms with E-state index in [1.54, 1.807) is 6.20 Å². The molecular weight excluding hydrogens is 292 g/mol. The van der Waals surface area contributed by atoms with Crippen molar-refractivity contribution in [1.82, 2.24) is 9.78 Å². The van der Waals surface area contributed by atoms with Gasteiger partial charge >= 0.3 is 0 Å². The smallest absolute Gasteiger partial charge is 0.101 e. The summed E-state index contributed by atoms with van der Waals surface area (Å²) in [5.41, 5.74) is 1.96. The average Bonchev–Trinajstić information content (AvgIpc) is 2.72. The van der Waals surface area contributed by atoms with E-state index in [0.717, 1.165) is 15.7 Å². The van der Waals surface area contributed by atoms with E-state index in [2.05, 4.69) is 34.9 Å². The summed E-state index contributed by atoms with van der Waals surface area (Å²) in [5.74, 6) is 0. The monoisotopic (exact) mass is 308 g/mol. The van der Waals surface area contributed by atoms with Crippen LogP contribution in [0.3, 0.4) is 0 Å². The molecule has 0 aliphatic rings. The molecule has 1 N–H and O–H groups in total. The standard InChI is InChI=1S/C14H17BrN2O/c1-10(2)17-14(12(15)9-16-17)13(18)8-11-6-4-3-5-7-11/h3-7,9-10,13,18H,8H2,1-2H3. The highest BCUT2D eigenvalue weighted by atomic mass is 79.9. The highest BCUT2D eigenvalue weighted by Crippen LogP contribution is 2.28. The second kappa shape index (κ2) is 5.67. The first kappa shape index (κ1) is 13.3. The number of aliphatic hydroxyl groups excluding tert-OH is 1. The molecule has 4 heteroatoms. The van der Waals surface area contributed by atoms with Gasteiger partial charge < -0.3 is 5.11 Å². The van der Waals surface area contributed by atoms with E-state index in [1.165, 1.54) is 0 Å². The van der Waals surface area contributed by atoms with Crippen molar-refractivity contribution in [2.24, 2.45) is 0 Å². The first-order valence-corrected chi connectivity index (χ1v) is 6.83. The lowest BCUT2D eigenvalue weighted by molar-refractivity contribution is 0.164. The summed E-state index contributed by atoms with van der Waals surface area (Å²) in [6.07, 6.45) is 1.79. The molecule has 0 saturated heterocycles. The summed E-state index contributed by atoms with van der Waals surface area (Å²) in [6.45, 7) is 4.11. The molecule has 3 nitrogen and oxygen atoms in total. The normalized spacial score (nSPS) is 12.9. The molecule has 0 aliphatic heterocycles. The van der Waals surface area contributed by atoms with Crippen molar-refractivity contribution in [3.8, 4) is 0 Å². The Hall–Kier alpha value is -1.13. The molecule has 0 aliphatic carbocycles. The molecule has 1 aromatic heterocycles. The van der Waals surface area contributed by atoms with Crippen LogP contribution in [0.4, 0.5) is 0 Å². The Labute approximate surface area is 116 Å². The molecule has 2 aromatic rings. The van der Waals surface area contributed by atoms with Gasteiger partial charge in [0.2, 0.25) is 0 Å². The number of hydrogen-bond donors (Lipinski definition) is 1. The molecule has 0 bridgehead atoms. The third kappa shape index (κ3) is 2.82. The summed E-state index contributed by atoms with van der Waals surface area (Å²) in [7, 11) is 0. The van der Waals surface area contributed by atoms with Gasteiger partial charge in [-0.25, -0.2) is 0 Å². The van der Waals surface area contributed by atoms with Crippen molar-refractivity contribution >= 4 is 15.9 Å². The molecule has 1 heterocycles. The number of aromatic nitrogens is 2. The van der Waals surface area contributed by atoms with Gasteiger partial charge in [-0.2, -0.15) is 5.10 Å². The van der Waals surface area contributed by atoms with Crippen molar-refractivity contribution in [3.63, 3.8) is 0 Å². The number of halogens is 1. The number of rotatable bonds is 4. The van der Waals surface area contributed by atoms with Gasteiger partial charge in [0.05, 0.1) is 16.4 Å². The van der Waals surface area contributed by atoms with E-state index < -0.39 is 6.10 Å². The maximum absolute atomic E-state index is 10.4. The summed E-state index contributed by atoms with van der Waals surface area (Å²) < 4.78 is 2.72. The Kier molecular flexibility index (Phi) is 4.19. The van der Waals surface area contributed by atoms with Gasteiger partial charge in [-0.05, 0) is 35.3 Å². The number of aliphatic hydroxyl groups is 1. The Morgan fingerprint density at radius 2 is 1.94 bits per heavy atom. The van der Waals surface area contributed by atoms with Crippen LogP contribution in [-0.4, -0.2) is 14.9 Å². The topological polar surface area (TPSA) is 38.0 Å². The lowest BCUT2D eigenvalue weighted by Crippen LogP contribution is -2.13. The van der Waals surface area contributed by atoms with Gasteiger partial charge in [0.25, 0.3) is 0 Å². The molecule has 0 spiro atoms. The highest BCUT2D eigenvalue weighted by Gasteiger charge is 2.19. The molecule has 1 atom stereocenters. The molecule has 0 saturated carbocycles. The largest absolute Gasteiger partial charge is 0.386 e. The van der Waals surface area contributed by atoms with Crippen molar-refractivity contribution in [2.75, 3.05) is 0 Å². The van der Waals surface area contributed by atoms with Gasteiger partial charge in [-0.1, -0.05) is 30.3 Å². The zero-order valence-electron chi connectivity index (χ0n) is 10.5. The molecule has 96 valence electrons. The second-order valence-electron chi connectivity index (χ2n) is 4.62. The molecule has 2 rings (SSSR count). The molecule has 0 radical (unpaired) electrons. The zero-order valence-corrected chi connectivity index (χ0v) is 12.1. The van der Waals surface area contributed by atoms with E-state index in [1.807, 2.05) is 35.0 Å². The van der Waals surface area contributed by atoms with Crippen molar-refractivity contribution in [2.45, 2.75) is 32.4 Å². The van der Waals surface area contributed by atoms with E-state index in [4.69, 9.17) is 0 Å². The summed E-state index contributed by atoms with van der Waals surface area (Å²) >= 11 is 3.46. The van der Waals surface area contributed by atoms with Crippen molar-refractivity contribution < 1.29 is 5.11 Å². The van der Waals surface area contributed by atoms with E-state index in [-0.39, 0.29) is 6.04 Å². The van der Waals surface area contributed by atoms with E-state index in [0.29, 0.717) is 6.42 Å². The minimum absolute atomic E-state index is 0.233. The molecule has 0 fully saturated rings. The van der Waals surface area contributed by atoms with Gasteiger partial charge in [0, 0.05) is 12.5 Å². The fraction of sp³-hybridized carbons (Fsp3) is 0.357. The summed E-state index contributed by atoms with van der Waals surface area (Å²) in [5, 5.41) is 14.7. The van der Waals surface area contributed by atoms with Crippen molar-refractivity contribution in [3.05, 3.63) is 52.3 Å². The Morgan fingerprint density at radius 1 is 1.28 bits per heavy atom. The average molecular weight is 309 g/mol. The van der Waals surface area contributed by atoms with Crippen LogP contribution in [0.5, 0.6) is 0 Å². The molecular formula is C14H17BrN2O. The maximum atomic E-state index is 10.4. The van der Waals surface area contributed by atoms with Gasteiger partial charge in [0.15, 0.2) is 0 Å². The quantitative estimate of drug-likeness (QED) is 0.938. The third-order valence-electron chi connectivity index (χ3n) is 2.86. The van der Waals surface area contributed by atoms with Crippen LogP contribution >= 0.6 is 15.9 Å². The fourth-order valence-corrected chi connectivity index (χ4v) is 2.55. The van der Waals surface area contributed by atoms with Gasteiger partial charge in [-0.15, -0.1) is 0 Å². The van der Waals surface area contributed by atoms with E-state index in [9.17, 15) is 5.11 Å². The molecule has 1 unspecified atom stereocenters. The summed E-state index contributed by atoms with van der Waals surface area (Å²) in [4.78, 5) is 0. The first-order valence-electron chi connectivity index (χ1n) is 6.04. The lowest BCUT2D eigenvalue weighted by atomic mass is 10.1. The SMILES string of the molecule is CC(C)n1ncc(Br)c1C(O)Cc1ccccc1.